The molecule has 5 fully saturated rings. The molecule has 3 aliphatic heterocycles. The third kappa shape index (κ3) is 10.3. The molecule has 3 aliphatic carbocycles. The Hall–Kier alpha value is -2.66. The van der Waals surface area contributed by atoms with Gasteiger partial charge in [0.15, 0.2) is 18.4 Å². The number of Topliss-reactive ketones (excluding diaryl/α,β-unsaturated/α-hetero) is 1. The van der Waals surface area contributed by atoms with Gasteiger partial charge < -0.3 is 58.0 Å². The fourth-order valence-corrected chi connectivity index (χ4v) is 12.2. The molecule has 0 aromatic heterocycles. The summed E-state index contributed by atoms with van der Waals surface area (Å²) in [4.78, 5) is 31.3. The van der Waals surface area contributed by atoms with Crippen LogP contribution in [-0.2, 0) is 47.5 Å². The van der Waals surface area contributed by atoms with Crippen LogP contribution in [0.15, 0.2) is 35.9 Å². The van der Waals surface area contributed by atoms with Crippen LogP contribution in [0, 0.1) is 35.5 Å². The van der Waals surface area contributed by atoms with Crippen LogP contribution < -0.4 is 10.1 Å². The first-order chi connectivity index (χ1) is 30.3. The van der Waals surface area contributed by atoms with E-state index >= 15 is 4.79 Å². The predicted molar refractivity (Wildman–Crippen MR) is 236 cm³/mol. The third-order valence-corrected chi connectivity index (χ3v) is 15.4. The first kappa shape index (κ1) is 48.3. The Morgan fingerprint density at radius 2 is 1.56 bits per heavy atom. The number of fused-ring (bicyclic) bond motifs is 5. The molecular weight excluding hydrogens is 809 g/mol. The molecule has 0 bridgehead atoms. The second kappa shape index (κ2) is 21.3. The van der Waals surface area contributed by atoms with Crippen LogP contribution in [0.3, 0.4) is 0 Å². The van der Waals surface area contributed by atoms with E-state index in [4.69, 9.17) is 42.6 Å². The summed E-state index contributed by atoms with van der Waals surface area (Å²) in [6.07, 6.45) is 3.31. The van der Waals surface area contributed by atoms with Crippen molar-refractivity contribution in [3.63, 3.8) is 0 Å². The highest BCUT2D eigenvalue weighted by Gasteiger charge is 2.60. The van der Waals surface area contributed by atoms with Gasteiger partial charge in [0.05, 0.1) is 49.6 Å². The predicted octanol–water partition coefficient (Wildman–Crippen LogP) is 6.17. The van der Waals surface area contributed by atoms with Crippen molar-refractivity contribution in [3.05, 3.63) is 35.9 Å². The number of aliphatic hydroxyl groups is 1. The monoisotopic (exact) mass is 885 g/mol. The minimum Gasteiger partial charge on any atom is -0.494 e. The number of allylic oxidation sites excluding steroid dienone is 2. The van der Waals surface area contributed by atoms with Gasteiger partial charge in [0.2, 0.25) is 0 Å². The van der Waals surface area contributed by atoms with E-state index < -0.39 is 60.8 Å². The highest BCUT2D eigenvalue weighted by atomic mass is 16.7. The van der Waals surface area contributed by atoms with Crippen molar-refractivity contribution in [2.75, 3.05) is 47.3 Å². The molecule has 2 saturated carbocycles. The SMILES string of the molecule is CCOc1ccc(N[C@@H]2[C@@H](O)[C@@H]3[C@@H](C=C4C(=O)[C@H](C)[C@@H](O[C@H]5CC[C@H](N(C)C)C(C)O5)CCC[C@H](CC)OC(=O)C[C@H]43)[C@@H]3C[C@H](O[C@@H]4OC(C)[C@H](OC)C(OC)C4OC)C[C@H]32)cc1. The van der Waals surface area contributed by atoms with Crippen LogP contribution in [0.5, 0.6) is 5.75 Å². The summed E-state index contributed by atoms with van der Waals surface area (Å²) in [7, 11) is 9.06. The zero-order chi connectivity index (χ0) is 45.1. The number of carbonyl (C=O) groups excluding carboxylic acids is 2. The van der Waals surface area contributed by atoms with E-state index in [0.717, 1.165) is 30.7 Å². The summed E-state index contributed by atoms with van der Waals surface area (Å²) in [6, 6.07) is 7.67. The van der Waals surface area contributed by atoms with Gasteiger partial charge in [-0.3, -0.25) is 9.59 Å². The summed E-state index contributed by atoms with van der Waals surface area (Å²) in [5.74, 6) is -1.28. The maximum atomic E-state index is 15.1. The van der Waals surface area contributed by atoms with Gasteiger partial charge in [-0.1, -0.05) is 19.9 Å². The molecule has 3 heterocycles. The molecular formula is C49H76N2O12. The van der Waals surface area contributed by atoms with Crippen molar-refractivity contribution in [1.82, 2.24) is 4.90 Å². The van der Waals surface area contributed by atoms with E-state index in [1.54, 1.807) is 21.3 Å². The fraction of sp³-hybridized carbons (Fsp3) is 0.796. The minimum atomic E-state index is -0.905. The Morgan fingerprint density at radius 3 is 2.21 bits per heavy atom. The van der Waals surface area contributed by atoms with Crippen molar-refractivity contribution in [2.45, 2.75) is 172 Å². The molecule has 1 aromatic rings. The normalized spacial score (nSPS) is 42.3. The number of anilines is 1. The van der Waals surface area contributed by atoms with Crippen molar-refractivity contribution < 1.29 is 57.3 Å². The third-order valence-electron chi connectivity index (χ3n) is 15.4. The van der Waals surface area contributed by atoms with Gasteiger partial charge in [-0.25, -0.2) is 0 Å². The van der Waals surface area contributed by atoms with Crippen LogP contribution in [0.2, 0.25) is 0 Å². The van der Waals surface area contributed by atoms with Crippen molar-refractivity contribution in [2.24, 2.45) is 35.5 Å². The molecule has 4 unspecified atom stereocenters. The molecule has 0 radical (unpaired) electrons. The number of hydrogen-bond acceptors (Lipinski definition) is 14. The maximum absolute atomic E-state index is 15.1. The van der Waals surface area contributed by atoms with E-state index in [-0.39, 0.29) is 66.4 Å². The zero-order valence-corrected chi connectivity index (χ0v) is 39.3. The first-order valence-corrected chi connectivity index (χ1v) is 23.8. The lowest BCUT2D eigenvalue weighted by molar-refractivity contribution is -0.314. The molecule has 354 valence electrons. The Kier molecular flexibility index (Phi) is 16.3. The Labute approximate surface area is 375 Å². The van der Waals surface area contributed by atoms with Crippen LogP contribution in [-0.4, -0.2) is 143 Å². The highest BCUT2D eigenvalue weighted by Crippen LogP contribution is 2.57. The van der Waals surface area contributed by atoms with E-state index in [1.165, 1.54) is 0 Å². The van der Waals surface area contributed by atoms with Gasteiger partial charge >= 0.3 is 5.97 Å². The molecule has 1 aromatic carbocycles. The number of nitrogens with zero attached hydrogens (tertiary/aromatic N) is 1. The number of esters is 1. The van der Waals surface area contributed by atoms with Crippen LogP contribution in [0.4, 0.5) is 5.69 Å². The number of cyclic esters (lactones) is 1. The molecule has 0 amide bonds. The molecule has 3 saturated heterocycles. The van der Waals surface area contributed by atoms with Crippen molar-refractivity contribution in [1.29, 1.82) is 0 Å². The summed E-state index contributed by atoms with van der Waals surface area (Å²) in [5, 5.41) is 16.5. The number of likely N-dealkylation sites (N-methyl/N-ethyl adjacent to an activating group) is 1. The second-order valence-electron chi connectivity index (χ2n) is 19.2. The Morgan fingerprint density at radius 1 is 0.841 bits per heavy atom. The van der Waals surface area contributed by atoms with E-state index in [0.29, 0.717) is 50.3 Å². The number of methoxy groups -OCH3 is 3. The lowest BCUT2D eigenvalue weighted by atomic mass is 9.62. The van der Waals surface area contributed by atoms with Gasteiger partial charge in [-0.05, 0) is 134 Å². The van der Waals surface area contributed by atoms with Crippen molar-refractivity contribution >= 4 is 17.4 Å². The number of ether oxygens (including phenoxy) is 9. The fourth-order valence-electron chi connectivity index (χ4n) is 12.2. The van der Waals surface area contributed by atoms with E-state index in [9.17, 15) is 9.90 Å². The van der Waals surface area contributed by atoms with Gasteiger partial charge in [-0.2, -0.15) is 0 Å². The van der Waals surface area contributed by atoms with E-state index in [2.05, 4.69) is 37.3 Å². The number of carbonyl (C=O) groups is 2. The number of benzene rings is 1. The maximum Gasteiger partial charge on any atom is 0.306 e. The van der Waals surface area contributed by atoms with Crippen LogP contribution in [0.1, 0.15) is 92.4 Å². The summed E-state index contributed by atoms with van der Waals surface area (Å²) in [5.41, 5.74) is 1.45. The molecule has 0 spiro atoms. The topological polar surface area (TPSA) is 153 Å². The Bertz CT molecular complexity index is 1690. The zero-order valence-electron chi connectivity index (χ0n) is 39.3. The number of aliphatic hydroxyl groups excluding tert-OH is 1. The molecule has 14 heteroatoms. The van der Waals surface area contributed by atoms with Gasteiger partial charge in [0, 0.05) is 50.8 Å². The summed E-state index contributed by atoms with van der Waals surface area (Å²) in [6.45, 7) is 10.6. The number of nitrogens with one attached hydrogen (secondary N) is 1. The van der Waals surface area contributed by atoms with Gasteiger partial charge in [0.25, 0.3) is 0 Å². The van der Waals surface area contributed by atoms with Crippen molar-refractivity contribution in [3.8, 4) is 5.75 Å². The van der Waals surface area contributed by atoms with E-state index in [1.807, 2.05) is 52.0 Å². The smallest absolute Gasteiger partial charge is 0.306 e. The minimum absolute atomic E-state index is 0.00913. The summed E-state index contributed by atoms with van der Waals surface area (Å²) >= 11 is 0. The molecule has 63 heavy (non-hydrogen) atoms. The average molecular weight is 885 g/mol. The molecule has 7 rings (SSSR count). The summed E-state index contributed by atoms with van der Waals surface area (Å²) < 4.78 is 56.1. The number of ketones is 1. The lowest BCUT2D eigenvalue weighted by Gasteiger charge is -2.47. The lowest BCUT2D eigenvalue weighted by Crippen LogP contribution is -2.59. The Balaban J connectivity index is 1.21. The second-order valence-corrected chi connectivity index (χ2v) is 19.2. The first-order valence-electron chi connectivity index (χ1n) is 23.8. The largest absolute Gasteiger partial charge is 0.494 e. The van der Waals surface area contributed by atoms with Crippen LogP contribution in [0.25, 0.3) is 0 Å². The molecule has 6 aliphatic rings. The number of hydrogen-bond donors (Lipinski definition) is 2. The molecule has 19 atom stereocenters. The average Bonchev–Trinajstić information content (AvgIpc) is 3.85. The van der Waals surface area contributed by atoms with Crippen LogP contribution >= 0.6 is 0 Å². The molecule has 2 N–H and O–H groups in total. The highest BCUT2D eigenvalue weighted by molar-refractivity contribution is 5.99. The number of rotatable bonds is 13. The standard InChI is InChI=1S/C49H76N2O12/c1-11-30-14-13-15-39(63-41-21-20-38(51(6)7)27(4)59-41)26(3)44(53)37-24-34-33-22-32(62-49-48(57-10)47(56-9)46(55-8)28(5)60-49)23-36(33)43(45(54)42(34)35(37)25-40(52)61-30)50-29-16-18-31(19-17-29)58-12-2/h16-19,24,26-28,30,32-36,38-39,41-43,45-50,54H,11-15,20-23,25H2,1-10H3/t26-,27?,28?,30+,32+,33+,34+,35-,36-,38+,39+,41+,42-,43+,45+,46+,47?,48?,49+/m1/s1. The molecule has 14 nitrogen and oxygen atoms in total. The quantitative estimate of drug-likeness (QED) is 0.217. The van der Waals surface area contributed by atoms with Gasteiger partial charge in [-0.15, -0.1) is 0 Å². The van der Waals surface area contributed by atoms with Gasteiger partial charge in [0.1, 0.15) is 30.2 Å².